The highest BCUT2D eigenvalue weighted by atomic mass is 16.5. The van der Waals surface area contributed by atoms with Crippen LogP contribution in [0.2, 0.25) is 0 Å². The Morgan fingerprint density at radius 3 is 2.35 bits per heavy atom. The number of carbonyl (C=O) groups is 2. The van der Waals surface area contributed by atoms with Crippen molar-refractivity contribution < 1.29 is 19.4 Å². The Labute approximate surface area is 119 Å². The number of carboxylic acids is 1. The maximum absolute atomic E-state index is 10.6. The monoisotopic (exact) mass is 276 g/mol. The van der Waals surface area contributed by atoms with Crippen LogP contribution in [0.15, 0.2) is 49.1 Å². The van der Waals surface area contributed by atoms with Gasteiger partial charge in [-0.3, -0.25) is 0 Å². The summed E-state index contributed by atoms with van der Waals surface area (Å²) in [5, 5.41) is 8.14. The predicted molar refractivity (Wildman–Crippen MR) is 79.2 cm³/mol. The maximum atomic E-state index is 10.6. The average Bonchev–Trinajstić information content (AvgIpc) is 2.47. The van der Waals surface area contributed by atoms with Gasteiger partial charge in [-0.1, -0.05) is 56.3 Å². The van der Waals surface area contributed by atoms with Crippen LogP contribution in [0.3, 0.4) is 0 Å². The number of rotatable bonds is 6. The number of hydrogen-bond acceptors (Lipinski definition) is 3. The van der Waals surface area contributed by atoms with Crippen LogP contribution in [-0.2, 0) is 14.3 Å². The first-order chi connectivity index (χ1) is 9.60. The molecule has 4 heteroatoms. The van der Waals surface area contributed by atoms with Crippen molar-refractivity contribution in [2.24, 2.45) is 0 Å². The van der Waals surface area contributed by atoms with Gasteiger partial charge in [-0.15, -0.1) is 0 Å². The van der Waals surface area contributed by atoms with Gasteiger partial charge in [0, 0.05) is 12.2 Å². The van der Waals surface area contributed by atoms with Crippen molar-refractivity contribution in [2.75, 3.05) is 6.61 Å². The number of carbonyl (C=O) groups excluding carboxylic acids is 1. The lowest BCUT2D eigenvalue weighted by Gasteiger charge is -1.97. The molecule has 0 aliphatic rings. The predicted octanol–water partition coefficient (Wildman–Crippen LogP) is 3.30. The maximum Gasteiger partial charge on any atom is 0.331 e. The van der Waals surface area contributed by atoms with Gasteiger partial charge >= 0.3 is 11.9 Å². The second-order valence-electron chi connectivity index (χ2n) is 3.81. The zero-order valence-corrected chi connectivity index (χ0v) is 11.6. The molecule has 0 atom stereocenters. The first kappa shape index (κ1) is 17.6. The number of hydrogen-bond donors (Lipinski definition) is 1. The molecule has 0 fully saturated rings. The van der Waals surface area contributed by atoms with Crippen molar-refractivity contribution in [3.8, 4) is 0 Å². The summed E-state index contributed by atoms with van der Waals surface area (Å²) in [6, 6.07) is 10.0. The molecule has 0 unspecified atom stereocenters. The SMILES string of the molecule is C=Cc1ccccc1.CCCCOC(=O)/C=C\C(=O)O. The smallest absolute Gasteiger partial charge is 0.331 e. The fraction of sp³-hybridized carbons (Fsp3) is 0.250. The van der Waals surface area contributed by atoms with Gasteiger partial charge in [0.1, 0.15) is 0 Å². The van der Waals surface area contributed by atoms with Crippen molar-refractivity contribution in [1.82, 2.24) is 0 Å². The summed E-state index contributed by atoms with van der Waals surface area (Å²) in [6.45, 7) is 5.95. The van der Waals surface area contributed by atoms with Gasteiger partial charge in [-0.05, 0) is 12.0 Å². The summed E-state index contributed by atoms with van der Waals surface area (Å²) in [4.78, 5) is 20.6. The Morgan fingerprint density at radius 2 is 1.90 bits per heavy atom. The Balaban J connectivity index is 0.000000388. The van der Waals surface area contributed by atoms with Crippen LogP contribution in [0.25, 0.3) is 6.08 Å². The molecular formula is C16H20O4. The second kappa shape index (κ2) is 11.7. The van der Waals surface area contributed by atoms with Crippen molar-refractivity contribution in [3.05, 3.63) is 54.6 Å². The van der Waals surface area contributed by atoms with E-state index in [1.807, 2.05) is 43.3 Å². The van der Waals surface area contributed by atoms with Gasteiger partial charge in [0.15, 0.2) is 0 Å². The molecule has 4 nitrogen and oxygen atoms in total. The van der Waals surface area contributed by atoms with E-state index in [1.54, 1.807) is 0 Å². The lowest BCUT2D eigenvalue weighted by atomic mass is 10.2. The van der Waals surface area contributed by atoms with Crippen LogP contribution in [0.1, 0.15) is 25.3 Å². The quantitative estimate of drug-likeness (QED) is 0.492. The number of carboxylic acid groups (broad SMARTS) is 1. The van der Waals surface area contributed by atoms with Crippen molar-refractivity contribution in [2.45, 2.75) is 19.8 Å². The lowest BCUT2D eigenvalue weighted by molar-refractivity contribution is -0.138. The van der Waals surface area contributed by atoms with Crippen LogP contribution in [-0.4, -0.2) is 23.7 Å². The number of aliphatic carboxylic acids is 1. The molecular weight excluding hydrogens is 256 g/mol. The number of unbranched alkanes of at least 4 members (excludes halogenated alkanes) is 1. The van der Waals surface area contributed by atoms with E-state index in [0.717, 1.165) is 25.0 Å². The molecule has 0 amide bonds. The van der Waals surface area contributed by atoms with Crippen molar-refractivity contribution in [3.63, 3.8) is 0 Å². The Kier molecular flexibility index (Phi) is 10.3. The summed E-state index contributed by atoms with van der Waals surface area (Å²) >= 11 is 0. The van der Waals surface area contributed by atoms with Crippen LogP contribution in [0, 0.1) is 0 Å². The van der Waals surface area contributed by atoms with Gasteiger partial charge in [0.2, 0.25) is 0 Å². The Hall–Kier alpha value is -2.36. The van der Waals surface area contributed by atoms with Crippen LogP contribution >= 0.6 is 0 Å². The third kappa shape index (κ3) is 10.8. The van der Waals surface area contributed by atoms with Crippen molar-refractivity contribution in [1.29, 1.82) is 0 Å². The molecule has 0 aliphatic carbocycles. The molecule has 0 heterocycles. The van der Waals surface area contributed by atoms with Crippen LogP contribution in [0.4, 0.5) is 0 Å². The molecule has 0 aromatic heterocycles. The summed E-state index contributed by atoms with van der Waals surface area (Å²) in [7, 11) is 0. The number of benzene rings is 1. The summed E-state index contributed by atoms with van der Waals surface area (Å²) < 4.78 is 4.64. The summed E-state index contributed by atoms with van der Waals surface area (Å²) in [5.74, 6) is -1.76. The normalized spacial score (nSPS) is 9.45. The molecule has 1 aromatic rings. The second-order valence-corrected chi connectivity index (χ2v) is 3.81. The van der Waals surface area contributed by atoms with E-state index >= 15 is 0 Å². The Bertz CT molecular complexity index is 435. The van der Waals surface area contributed by atoms with Gasteiger partial charge < -0.3 is 9.84 Å². The van der Waals surface area contributed by atoms with E-state index in [1.165, 1.54) is 5.56 Å². The zero-order valence-electron chi connectivity index (χ0n) is 11.6. The molecule has 20 heavy (non-hydrogen) atoms. The minimum absolute atomic E-state index is 0.347. The van der Waals surface area contributed by atoms with E-state index in [-0.39, 0.29) is 0 Å². The topological polar surface area (TPSA) is 63.6 Å². The molecule has 0 saturated carbocycles. The highest BCUT2D eigenvalue weighted by Gasteiger charge is 1.96. The number of ether oxygens (including phenoxy) is 1. The van der Waals surface area contributed by atoms with E-state index < -0.39 is 11.9 Å². The molecule has 0 spiro atoms. The summed E-state index contributed by atoms with van der Waals surface area (Å²) in [6.07, 6.45) is 5.23. The van der Waals surface area contributed by atoms with Gasteiger partial charge in [0.05, 0.1) is 6.61 Å². The first-order valence-corrected chi connectivity index (χ1v) is 6.35. The largest absolute Gasteiger partial charge is 0.478 e. The van der Waals surface area contributed by atoms with Gasteiger partial charge in [-0.2, -0.15) is 0 Å². The highest BCUT2D eigenvalue weighted by molar-refractivity contribution is 5.90. The third-order valence-corrected chi connectivity index (χ3v) is 2.14. The molecule has 1 aromatic carbocycles. The fourth-order valence-electron chi connectivity index (χ4n) is 1.09. The molecule has 1 rings (SSSR count). The molecule has 1 N–H and O–H groups in total. The third-order valence-electron chi connectivity index (χ3n) is 2.14. The molecule has 0 aliphatic heterocycles. The molecule has 108 valence electrons. The van der Waals surface area contributed by atoms with Gasteiger partial charge in [-0.25, -0.2) is 9.59 Å². The van der Waals surface area contributed by atoms with E-state index in [2.05, 4.69) is 11.3 Å². The minimum atomic E-state index is -1.15. The highest BCUT2D eigenvalue weighted by Crippen LogP contribution is 1.97. The van der Waals surface area contributed by atoms with Crippen LogP contribution < -0.4 is 0 Å². The molecule has 0 radical (unpaired) electrons. The van der Waals surface area contributed by atoms with E-state index in [9.17, 15) is 9.59 Å². The van der Waals surface area contributed by atoms with Crippen molar-refractivity contribution >= 4 is 18.0 Å². The van der Waals surface area contributed by atoms with Gasteiger partial charge in [0.25, 0.3) is 0 Å². The number of esters is 1. The Morgan fingerprint density at radius 1 is 1.25 bits per heavy atom. The standard InChI is InChI=1S/C8H12O4.C8H8/c1-2-3-6-12-8(11)5-4-7(9)10;1-2-8-6-4-3-5-7-8/h4-5H,2-3,6H2,1H3,(H,9,10);2-7H,1H2/b5-4-;. The van der Waals surface area contributed by atoms with E-state index in [4.69, 9.17) is 5.11 Å². The lowest BCUT2D eigenvalue weighted by Crippen LogP contribution is -2.02. The molecule has 0 bridgehead atoms. The average molecular weight is 276 g/mol. The minimum Gasteiger partial charge on any atom is -0.478 e. The summed E-state index contributed by atoms with van der Waals surface area (Å²) in [5.41, 5.74) is 1.17. The fourth-order valence-corrected chi connectivity index (χ4v) is 1.09. The molecule has 0 saturated heterocycles. The van der Waals surface area contributed by atoms with Crippen LogP contribution in [0.5, 0.6) is 0 Å². The zero-order chi connectivity index (χ0) is 15.2. The first-order valence-electron chi connectivity index (χ1n) is 6.35. The van der Waals surface area contributed by atoms with E-state index in [0.29, 0.717) is 6.61 Å².